The summed E-state index contributed by atoms with van der Waals surface area (Å²) in [4.78, 5) is 7.36. The minimum absolute atomic E-state index is 0.575. The van der Waals surface area contributed by atoms with Gasteiger partial charge < -0.3 is 0 Å². The van der Waals surface area contributed by atoms with Gasteiger partial charge >= 0.3 is 0 Å². The van der Waals surface area contributed by atoms with Crippen LogP contribution in [-0.2, 0) is 13.1 Å². The fourth-order valence-electron chi connectivity index (χ4n) is 3.04. The lowest BCUT2D eigenvalue weighted by atomic mass is 10.2. The first-order valence-electron chi connectivity index (χ1n) is 7.57. The third-order valence-corrected chi connectivity index (χ3v) is 5.76. The number of likely N-dealkylation sites (tertiary alicyclic amines) is 1. The topological polar surface area (TPSA) is 34.0 Å². The molecule has 0 aliphatic carbocycles. The van der Waals surface area contributed by atoms with Crippen LogP contribution < -0.4 is 0 Å². The molecule has 0 N–H and O–H groups in total. The van der Waals surface area contributed by atoms with E-state index < -0.39 is 0 Å². The van der Waals surface area contributed by atoms with Gasteiger partial charge in [-0.1, -0.05) is 0 Å². The summed E-state index contributed by atoms with van der Waals surface area (Å²) in [6, 6.07) is 4.71. The van der Waals surface area contributed by atoms with Crippen molar-refractivity contribution in [3.8, 4) is 10.6 Å². The summed E-state index contributed by atoms with van der Waals surface area (Å²) in [5.41, 5.74) is 2.44. The van der Waals surface area contributed by atoms with Crippen LogP contribution in [0.3, 0.4) is 0 Å². The summed E-state index contributed by atoms with van der Waals surface area (Å²) in [7, 11) is 0. The second kappa shape index (κ2) is 6.32. The van der Waals surface area contributed by atoms with Gasteiger partial charge in [0.25, 0.3) is 0 Å². The summed E-state index contributed by atoms with van der Waals surface area (Å²) in [6.45, 7) is 3.10. The Bertz CT molecular complexity index is 702. The zero-order chi connectivity index (χ0) is 14.8. The van der Waals surface area contributed by atoms with Gasteiger partial charge in [0.15, 0.2) is 0 Å². The number of rotatable bonds is 5. The predicted molar refractivity (Wildman–Crippen MR) is 91.1 cm³/mol. The summed E-state index contributed by atoms with van der Waals surface area (Å²) < 4.78 is 2.04. The first-order chi connectivity index (χ1) is 10.9. The van der Waals surface area contributed by atoms with Crippen LogP contribution in [0.2, 0.25) is 0 Å². The van der Waals surface area contributed by atoms with Crippen LogP contribution in [0.1, 0.15) is 18.5 Å². The second-order valence-electron chi connectivity index (χ2n) is 5.65. The maximum Gasteiger partial charge on any atom is 0.124 e. The number of hydrogen-bond donors (Lipinski definition) is 0. The van der Waals surface area contributed by atoms with Crippen molar-refractivity contribution in [2.45, 2.75) is 32.0 Å². The van der Waals surface area contributed by atoms with Crippen LogP contribution in [-0.4, -0.2) is 32.3 Å². The average Bonchev–Trinajstić information content (AvgIpc) is 3.28. The molecule has 1 saturated heterocycles. The molecule has 0 amide bonds. The molecule has 3 aromatic heterocycles. The van der Waals surface area contributed by atoms with Gasteiger partial charge in [0.1, 0.15) is 5.01 Å². The van der Waals surface area contributed by atoms with Crippen molar-refractivity contribution < 1.29 is 0 Å². The lowest BCUT2D eigenvalue weighted by Gasteiger charge is -2.23. The highest BCUT2D eigenvalue weighted by molar-refractivity contribution is 7.14. The largest absolute Gasteiger partial charge is 0.293 e. The second-order valence-corrected chi connectivity index (χ2v) is 7.29. The molecule has 22 heavy (non-hydrogen) atoms. The third kappa shape index (κ3) is 2.99. The molecule has 114 valence electrons. The van der Waals surface area contributed by atoms with Crippen LogP contribution in [0.4, 0.5) is 0 Å². The van der Waals surface area contributed by atoms with Gasteiger partial charge in [0.2, 0.25) is 0 Å². The van der Waals surface area contributed by atoms with E-state index in [0.717, 1.165) is 24.6 Å². The van der Waals surface area contributed by atoms with E-state index in [1.165, 1.54) is 24.1 Å². The van der Waals surface area contributed by atoms with E-state index >= 15 is 0 Å². The van der Waals surface area contributed by atoms with Crippen LogP contribution in [0.5, 0.6) is 0 Å². The maximum atomic E-state index is 4.81. The van der Waals surface area contributed by atoms with Crippen molar-refractivity contribution in [2.75, 3.05) is 6.54 Å². The third-order valence-electron chi connectivity index (χ3n) is 4.14. The SMILES string of the molecule is c1cnn(CC2CCCN2Cc2csc(-c3ccsc3)n2)c1. The van der Waals surface area contributed by atoms with Crippen LogP contribution in [0.25, 0.3) is 10.6 Å². The standard InChI is InChI=1S/C16H18N4S2/c1-3-15(10-20-7-2-5-17-20)19(6-1)9-14-12-22-16(18-14)13-4-8-21-11-13/h2,4-5,7-8,11-12,15H,1,3,6,9-10H2. The van der Waals surface area contributed by atoms with Gasteiger partial charge in [0, 0.05) is 41.3 Å². The Balaban J connectivity index is 1.44. The highest BCUT2D eigenvalue weighted by atomic mass is 32.1. The first-order valence-corrected chi connectivity index (χ1v) is 9.39. The van der Waals surface area contributed by atoms with E-state index in [9.17, 15) is 0 Å². The van der Waals surface area contributed by atoms with Gasteiger partial charge in [-0.3, -0.25) is 9.58 Å². The molecular formula is C16H18N4S2. The molecule has 4 heterocycles. The summed E-state index contributed by atoms with van der Waals surface area (Å²) in [5.74, 6) is 0. The number of thiophene rings is 1. The van der Waals surface area contributed by atoms with Gasteiger partial charge in [-0.05, 0) is 36.9 Å². The quantitative estimate of drug-likeness (QED) is 0.715. The van der Waals surface area contributed by atoms with Crippen molar-refractivity contribution in [1.82, 2.24) is 19.7 Å². The van der Waals surface area contributed by atoms with Gasteiger partial charge in [-0.15, -0.1) is 11.3 Å². The van der Waals surface area contributed by atoms with E-state index in [1.807, 2.05) is 23.1 Å². The Kier molecular flexibility index (Phi) is 4.05. The van der Waals surface area contributed by atoms with Crippen LogP contribution >= 0.6 is 22.7 Å². The Labute approximate surface area is 138 Å². The highest BCUT2D eigenvalue weighted by Crippen LogP contribution is 2.27. The predicted octanol–water partition coefficient (Wildman–Crippen LogP) is 3.73. The zero-order valence-electron chi connectivity index (χ0n) is 12.3. The highest BCUT2D eigenvalue weighted by Gasteiger charge is 2.25. The fourth-order valence-corrected chi connectivity index (χ4v) is 4.56. The molecule has 1 atom stereocenters. The Hall–Kier alpha value is -1.50. The summed E-state index contributed by atoms with van der Waals surface area (Å²) in [5, 5.41) is 12.0. The molecule has 1 aliphatic heterocycles. The Morgan fingerprint density at radius 1 is 1.32 bits per heavy atom. The van der Waals surface area contributed by atoms with Gasteiger partial charge in [-0.2, -0.15) is 16.4 Å². The molecule has 6 heteroatoms. The number of aromatic nitrogens is 3. The molecule has 1 fully saturated rings. The molecule has 0 saturated carbocycles. The summed E-state index contributed by atoms with van der Waals surface area (Å²) in [6.07, 6.45) is 6.43. The Morgan fingerprint density at radius 3 is 3.14 bits per heavy atom. The molecule has 0 aromatic carbocycles. The number of thiazole rings is 1. The van der Waals surface area contributed by atoms with Gasteiger partial charge in [0.05, 0.1) is 12.2 Å². The molecule has 3 aromatic rings. The van der Waals surface area contributed by atoms with Crippen molar-refractivity contribution in [2.24, 2.45) is 0 Å². The molecule has 4 nitrogen and oxygen atoms in total. The van der Waals surface area contributed by atoms with Crippen molar-refractivity contribution in [1.29, 1.82) is 0 Å². The summed E-state index contributed by atoms with van der Waals surface area (Å²) >= 11 is 3.47. The lowest BCUT2D eigenvalue weighted by molar-refractivity contribution is 0.217. The minimum Gasteiger partial charge on any atom is -0.293 e. The van der Waals surface area contributed by atoms with E-state index in [0.29, 0.717) is 6.04 Å². The van der Waals surface area contributed by atoms with Crippen molar-refractivity contribution >= 4 is 22.7 Å². The van der Waals surface area contributed by atoms with Crippen molar-refractivity contribution in [3.05, 3.63) is 46.4 Å². The number of nitrogens with zero attached hydrogens (tertiary/aromatic N) is 4. The molecule has 0 bridgehead atoms. The molecule has 0 radical (unpaired) electrons. The molecule has 1 unspecified atom stereocenters. The zero-order valence-corrected chi connectivity index (χ0v) is 13.9. The maximum absolute atomic E-state index is 4.81. The van der Waals surface area contributed by atoms with E-state index in [-0.39, 0.29) is 0 Å². The van der Waals surface area contributed by atoms with Gasteiger partial charge in [-0.25, -0.2) is 4.98 Å². The molecule has 4 rings (SSSR count). The van der Waals surface area contributed by atoms with E-state index in [1.54, 1.807) is 22.7 Å². The van der Waals surface area contributed by atoms with Crippen molar-refractivity contribution in [3.63, 3.8) is 0 Å². The first kappa shape index (κ1) is 14.1. The molecule has 0 spiro atoms. The number of hydrogen-bond acceptors (Lipinski definition) is 5. The normalized spacial score (nSPS) is 19.0. The monoisotopic (exact) mass is 330 g/mol. The lowest BCUT2D eigenvalue weighted by Crippen LogP contribution is -2.32. The fraction of sp³-hybridized carbons (Fsp3) is 0.375. The minimum atomic E-state index is 0.575. The Morgan fingerprint density at radius 2 is 2.32 bits per heavy atom. The average molecular weight is 330 g/mol. The molecular weight excluding hydrogens is 312 g/mol. The van der Waals surface area contributed by atoms with Crippen LogP contribution in [0, 0.1) is 0 Å². The van der Waals surface area contributed by atoms with Crippen LogP contribution in [0.15, 0.2) is 40.7 Å². The van der Waals surface area contributed by atoms with E-state index in [2.05, 4.69) is 32.2 Å². The van der Waals surface area contributed by atoms with E-state index in [4.69, 9.17) is 4.98 Å². The molecule has 1 aliphatic rings. The smallest absolute Gasteiger partial charge is 0.124 e.